The lowest BCUT2D eigenvalue weighted by molar-refractivity contribution is 0.386. The molecule has 0 unspecified atom stereocenters. The van der Waals surface area contributed by atoms with Crippen molar-refractivity contribution in [1.29, 1.82) is 0 Å². The standard InChI is InChI=1S/C10H9FOS/c1-12-10-4-3-8(5-6-13-2)7-9(10)11/h3-4,7H,1-2H3/i2T. The Balaban J connectivity index is 2.82. The normalized spacial score (nSPS) is 9.85. The Morgan fingerprint density at radius 3 is 3.08 bits per heavy atom. The summed E-state index contributed by atoms with van der Waals surface area (Å²) < 4.78 is 24.7. The molecule has 0 aliphatic carbocycles. The van der Waals surface area contributed by atoms with Crippen molar-refractivity contribution in [3.8, 4) is 16.9 Å². The van der Waals surface area contributed by atoms with Crippen LogP contribution in [0.15, 0.2) is 18.2 Å². The average molecular weight is 198 g/mol. The first-order valence-electron chi connectivity index (χ1n) is 4.24. The molecule has 1 aromatic carbocycles. The maximum absolute atomic E-state index is 13.1. The number of ether oxygens (including phenoxy) is 1. The van der Waals surface area contributed by atoms with Crippen LogP contribution < -0.4 is 4.74 Å². The predicted molar refractivity (Wildman–Crippen MR) is 53.3 cm³/mol. The molecule has 0 bridgehead atoms. The van der Waals surface area contributed by atoms with Crippen molar-refractivity contribution in [2.75, 3.05) is 13.3 Å². The SMILES string of the molecule is [3H]CSC#Cc1ccc(OC)c(F)c1. The van der Waals surface area contributed by atoms with Crippen molar-refractivity contribution in [1.82, 2.24) is 0 Å². The lowest BCUT2D eigenvalue weighted by Gasteiger charge is -2.00. The minimum Gasteiger partial charge on any atom is -0.494 e. The molecule has 0 aliphatic heterocycles. The van der Waals surface area contributed by atoms with Gasteiger partial charge in [-0.2, -0.15) is 0 Å². The topological polar surface area (TPSA) is 9.23 Å². The Kier molecular flexibility index (Phi) is 3.11. The predicted octanol–water partition coefficient (Wildman–Crippen LogP) is 2.51. The number of halogens is 1. The molecule has 1 rings (SSSR count). The van der Waals surface area contributed by atoms with E-state index in [1.54, 1.807) is 6.07 Å². The van der Waals surface area contributed by atoms with Gasteiger partial charge in [0.05, 0.1) is 7.11 Å². The van der Waals surface area contributed by atoms with Gasteiger partial charge >= 0.3 is 0 Å². The molecule has 0 aromatic heterocycles. The summed E-state index contributed by atoms with van der Waals surface area (Å²) in [6, 6.07) is 4.53. The summed E-state index contributed by atoms with van der Waals surface area (Å²) in [4.78, 5) is 0. The molecule has 0 heterocycles. The Morgan fingerprint density at radius 1 is 1.62 bits per heavy atom. The summed E-state index contributed by atoms with van der Waals surface area (Å²) in [6.45, 7) is 0. The molecule has 0 saturated carbocycles. The van der Waals surface area contributed by atoms with Crippen molar-refractivity contribution in [2.24, 2.45) is 0 Å². The maximum Gasteiger partial charge on any atom is 0.166 e. The van der Waals surface area contributed by atoms with Gasteiger partial charge in [0.15, 0.2) is 11.6 Å². The van der Waals surface area contributed by atoms with Crippen LogP contribution in [-0.2, 0) is 0 Å². The van der Waals surface area contributed by atoms with E-state index in [0.29, 0.717) is 5.56 Å². The quantitative estimate of drug-likeness (QED) is 0.641. The summed E-state index contributed by atoms with van der Waals surface area (Å²) >= 11 is 1.17. The molecule has 0 radical (unpaired) electrons. The van der Waals surface area contributed by atoms with Crippen molar-refractivity contribution >= 4 is 11.8 Å². The van der Waals surface area contributed by atoms with Crippen molar-refractivity contribution in [2.45, 2.75) is 0 Å². The molecule has 0 spiro atoms. The zero-order chi connectivity index (χ0) is 10.4. The molecule has 3 heteroatoms. The third-order valence-electron chi connectivity index (χ3n) is 1.42. The largest absolute Gasteiger partial charge is 0.494 e. The highest BCUT2D eigenvalue weighted by atomic mass is 32.2. The third-order valence-corrected chi connectivity index (χ3v) is 1.67. The van der Waals surface area contributed by atoms with Crippen molar-refractivity contribution < 1.29 is 10.5 Å². The van der Waals surface area contributed by atoms with Gasteiger partial charge in [0, 0.05) is 6.93 Å². The first-order valence-corrected chi connectivity index (χ1v) is 4.52. The van der Waals surface area contributed by atoms with Crippen LogP contribution in [-0.4, -0.2) is 13.3 Å². The molecule has 68 valence electrons. The Morgan fingerprint density at radius 2 is 2.46 bits per heavy atom. The van der Waals surface area contributed by atoms with Crippen LogP contribution in [0.1, 0.15) is 6.93 Å². The molecular weight excluding hydrogens is 187 g/mol. The van der Waals surface area contributed by atoms with E-state index in [4.69, 9.17) is 6.11 Å². The lowest BCUT2D eigenvalue weighted by Crippen LogP contribution is -1.88. The molecule has 0 amide bonds. The molecule has 1 nitrogen and oxygen atoms in total. The van der Waals surface area contributed by atoms with E-state index < -0.39 is 5.82 Å². The van der Waals surface area contributed by atoms with Crippen LogP contribution in [0, 0.1) is 17.0 Å². The zero-order valence-corrected chi connectivity index (χ0v) is 7.95. The summed E-state index contributed by atoms with van der Waals surface area (Å²) in [6.07, 6.45) is 0.186. The minimum atomic E-state index is -0.421. The summed E-state index contributed by atoms with van der Waals surface area (Å²) in [5.41, 5.74) is 0.587. The highest BCUT2D eigenvalue weighted by Crippen LogP contribution is 2.16. The van der Waals surface area contributed by atoms with E-state index in [2.05, 4.69) is 11.2 Å². The fourth-order valence-electron chi connectivity index (χ4n) is 0.839. The first-order chi connectivity index (χ1) is 6.77. The van der Waals surface area contributed by atoms with Crippen LogP contribution in [0.3, 0.4) is 0 Å². The van der Waals surface area contributed by atoms with Gasteiger partial charge in [0.25, 0.3) is 0 Å². The second-order valence-electron chi connectivity index (χ2n) is 2.22. The van der Waals surface area contributed by atoms with Gasteiger partial charge in [-0.05, 0) is 29.7 Å². The molecule has 0 fully saturated rings. The Labute approximate surface area is 82.7 Å². The van der Waals surface area contributed by atoms with E-state index in [9.17, 15) is 4.39 Å². The number of hydrogen-bond acceptors (Lipinski definition) is 2. The van der Waals surface area contributed by atoms with Gasteiger partial charge in [0.1, 0.15) is 0 Å². The van der Waals surface area contributed by atoms with Gasteiger partial charge in [-0.15, -0.1) is 0 Å². The fraction of sp³-hybridized carbons (Fsp3) is 0.200. The monoisotopic (exact) mass is 198 g/mol. The molecule has 13 heavy (non-hydrogen) atoms. The van der Waals surface area contributed by atoms with Crippen LogP contribution >= 0.6 is 11.8 Å². The molecule has 0 aliphatic rings. The van der Waals surface area contributed by atoms with E-state index in [1.165, 1.54) is 31.0 Å². The number of thioether (sulfide) groups is 1. The number of rotatable bonds is 1. The highest BCUT2D eigenvalue weighted by molar-refractivity contribution is 8.03. The molecule has 0 atom stereocenters. The van der Waals surface area contributed by atoms with E-state index >= 15 is 0 Å². The summed E-state index contributed by atoms with van der Waals surface area (Å²) in [5.74, 6) is 2.53. The molecular formula is C10H9FOS. The van der Waals surface area contributed by atoms with Crippen LogP contribution in [0.5, 0.6) is 5.75 Å². The Bertz CT molecular complexity index is 370. The minimum absolute atomic E-state index is 0.186. The average Bonchev–Trinajstić information content (AvgIpc) is 2.18. The molecule has 1 aromatic rings. The van der Waals surface area contributed by atoms with Gasteiger partial charge in [-0.3, -0.25) is 0 Å². The molecule has 0 saturated heterocycles. The third kappa shape index (κ3) is 2.67. The summed E-state index contributed by atoms with van der Waals surface area (Å²) in [7, 11) is 1.42. The van der Waals surface area contributed by atoms with Crippen LogP contribution in [0.25, 0.3) is 0 Å². The molecule has 0 N–H and O–H groups in total. The zero-order valence-electron chi connectivity index (χ0n) is 8.13. The second kappa shape index (κ2) is 4.78. The highest BCUT2D eigenvalue weighted by Gasteiger charge is 2.00. The number of hydrogen-bond donors (Lipinski definition) is 0. The second-order valence-corrected chi connectivity index (χ2v) is 2.71. The fourth-order valence-corrected chi connectivity index (χ4v) is 1.03. The number of benzene rings is 1. The van der Waals surface area contributed by atoms with E-state index in [1.807, 2.05) is 0 Å². The number of methoxy groups -OCH3 is 1. The summed E-state index contributed by atoms with van der Waals surface area (Å²) in [5, 5.41) is 2.69. The smallest absolute Gasteiger partial charge is 0.166 e. The van der Waals surface area contributed by atoms with Gasteiger partial charge in [-0.1, -0.05) is 17.7 Å². The van der Waals surface area contributed by atoms with Crippen LogP contribution in [0.2, 0.25) is 0 Å². The van der Waals surface area contributed by atoms with Crippen molar-refractivity contribution in [3.63, 3.8) is 0 Å². The van der Waals surface area contributed by atoms with E-state index in [-0.39, 0.29) is 12.0 Å². The first kappa shape index (κ1) is 8.46. The van der Waals surface area contributed by atoms with Gasteiger partial charge < -0.3 is 4.74 Å². The van der Waals surface area contributed by atoms with Crippen molar-refractivity contribution in [3.05, 3.63) is 29.6 Å². The Hall–Kier alpha value is -1.14. The van der Waals surface area contributed by atoms with Gasteiger partial charge in [-0.25, -0.2) is 4.39 Å². The van der Waals surface area contributed by atoms with Gasteiger partial charge in [0.2, 0.25) is 0 Å². The maximum atomic E-state index is 13.1. The lowest BCUT2D eigenvalue weighted by atomic mass is 10.2. The van der Waals surface area contributed by atoms with E-state index in [0.717, 1.165) is 0 Å². The van der Waals surface area contributed by atoms with Crippen LogP contribution in [0.4, 0.5) is 4.39 Å².